The number of hydrogen-bond donors (Lipinski definition) is 0. The van der Waals surface area contributed by atoms with Crippen molar-refractivity contribution in [3.63, 3.8) is 0 Å². The highest BCUT2D eigenvalue weighted by atomic mass is 14.1. The van der Waals surface area contributed by atoms with Crippen LogP contribution in [0.25, 0.3) is 32.3 Å². The largest absolute Gasteiger partial charge is 0.0776 e. The van der Waals surface area contributed by atoms with Gasteiger partial charge in [-0.25, -0.2) is 0 Å². The summed E-state index contributed by atoms with van der Waals surface area (Å²) >= 11 is 0. The van der Waals surface area contributed by atoms with Gasteiger partial charge in [-0.05, 0) is 82.3 Å². The molecule has 0 aromatic heterocycles. The first-order valence-electron chi connectivity index (χ1n) is 9.89. The first kappa shape index (κ1) is 20.6. The number of benzene rings is 5. The second-order valence-electron chi connectivity index (χ2n) is 7.59. The van der Waals surface area contributed by atoms with E-state index in [1.807, 2.05) is 0 Å². The van der Waals surface area contributed by atoms with Crippen LogP contribution in [0.3, 0.4) is 0 Å². The first-order valence-corrected chi connectivity index (χ1v) is 9.89. The fourth-order valence-corrected chi connectivity index (χ4v) is 4.16. The first-order chi connectivity index (χ1) is 13.6. The zero-order valence-electron chi connectivity index (χ0n) is 17.1. The van der Waals surface area contributed by atoms with Gasteiger partial charge in [-0.2, -0.15) is 0 Å². The van der Waals surface area contributed by atoms with E-state index in [1.54, 1.807) is 0 Å². The average molecular weight is 379 g/mol. The summed E-state index contributed by atoms with van der Waals surface area (Å²) in [6, 6.07) is 30.2. The lowest BCUT2D eigenvalue weighted by atomic mass is 9.93. The molecule has 146 valence electrons. The van der Waals surface area contributed by atoms with Crippen LogP contribution >= 0.6 is 0 Å². The molecule has 0 amide bonds. The summed E-state index contributed by atoms with van der Waals surface area (Å²) in [6.45, 7) is 8.73. The summed E-state index contributed by atoms with van der Waals surface area (Å²) < 4.78 is 0. The van der Waals surface area contributed by atoms with Crippen LogP contribution in [0.5, 0.6) is 0 Å². The van der Waals surface area contributed by atoms with Gasteiger partial charge in [-0.1, -0.05) is 92.4 Å². The fourth-order valence-electron chi connectivity index (χ4n) is 4.16. The number of aryl methyl sites for hydroxylation is 4. The Morgan fingerprint density at radius 3 is 0.862 bits per heavy atom. The third kappa shape index (κ3) is 3.76. The zero-order chi connectivity index (χ0) is 19.7. The van der Waals surface area contributed by atoms with Crippen LogP contribution < -0.4 is 0 Å². The van der Waals surface area contributed by atoms with Gasteiger partial charge in [-0.3, -0.25) is 0 Å². The molecule has 0 N–H and O–H groups in total. The quantitative estimate of drug-likeness (QED) is 0.236. The number of hydrogen-bond acceptors (Lipinski definition) is 0. The molecular weight excluding hydrogens is 348 g/mol. The molecule has 5 aromatic rings. The molecule has 0 unspecified atom stereocenters. The molecule has 0 aliphatic carbocycles. The van der Waals surface area contributed by atoms with Crippen molar-refractivity contribution in [3.8, 4) is 0 Å². The standard InChI is InChI=1S/C16H14.C12H12.CH4/c1-11-13-7-3-5-9-15(13)12(2)16-10-6-4-8-14(11)16;1-9-7-8-10(2)12-6-4-3-5-11(9)12;/h3-10H,1-2H3;3-8H,1-2H3;1H4. The minimum Gasteiger partial charge on any atom is -0.0776 e. The van der Waals surface area contributed by atoms with E-state index in [4.69, 9.17) is 0 Å². The second-order valence-corrected chi connectivity index (χ2v) is 7.59. The topological polar surface area (TPSA) is 0 Å². The van der Waals surface area contributed by atoms with Crippen molar-refractivity contribution < 1.29 is 0 Å². The maximum atomic E-state index is 2.21. The predicted molar refractivity (Wildman–Crippen MR) is 131 cm³/mol. The Bertz CT molecular complexity index is 1130. The molecule has 0 heteroatoms. The molecule has 0 nitrogen and oxygen atoms in total. The van der Waals surface area contributed by atoms with E-state index >= 15 is 0 Å². The normalized spacial score (nSPS) is 10.5. The zero-order valence-corrected chi connectivity index (χ0v) is 17.1. The summed E-state index contributed by atoms with van der Waals surface area (Å²) in [5.41, 5.74) is 5.49. The minimum absolute atomic E-state index is 0. The molecule has 5 rings (SSSR count). The predicted octanol–water partition coefficient (Wildman–Crippen LogP) is 8.70. The Morgan fingerprint density at radius 1 is 0.345 bits per heavy atom. The van der Waals surface area contributed by atoms with Gasteiger partial charge in [0.25, 0.3) is 0 Å². The van der Waals surface area contributed by atoms with Gasteiger partial charge in [-0.15, -0.1) is 0 Å². The summed E-state index contributed by atoms with van der Waals surface area (Å²) in [5, 5.41) is 8.24. The monoisotopic (exact) mass is 378 g/mol. The van der Waals surface area contributed by atoms with Crippen molar-refractivity contribution in [2.45, 2.75) is 35.1 Å². The van der Waals surface area contributed by atoms with E-state index in [9.17, 15) is 0 Å². The van der Waals surface area contributed by atoms with Crippen LogP contribution in [-0.2, 0) is 0 Å². The second kappa shape index (κ2) is 8.49. The van der Waals surface area contributed by atoms with Crippen LogP contribution in [0.2, 0.25) is 0 Å². The molecule has 0 aliphatic heterocycles. The molecule has 0 saturated carbocycles. The highest BCUT2D eigenvalue weighted by Gasteiger charge is 2.06. The van der Waals surface area contributed by atoms with Crippen molar-refractivity contribution in [2.75, 3.05) is 0 Å². The third-order valence-corrected chi connectivity index (χ3v) is 5.83. The smallest absolute Gasteiger partial charge is 0.0146 e. The molecule has 5 aromatic carbocycles. The fraction of sp³-hybridized carbons (Fsp3) is 0.172. The van der Waals surface area contributed by atoms with E-state index < -0.39 is 0 Å². The number of rotatable bonds is 0. The van der Waals surface area contributed by atoms with Gasteiger partial charge in [0.2, 0.25) is 0 Å². The van der Waals surface area contributed by atoms with Gasteiger partial charge >= 0.3 is 0 Å². The van der Waals surface area contributed by atoms with Crippen LogP contribution in [0, 0.1) is 27.7 Å². The molecule has 0 heterocycles. The van der Waals surface area contributed by atoms with Crippen LogP contribution in [0.15, 0.2) is 84.9 Å². The van der Waals surface area contributed by atoms with Crippen molar-refractivity contribution >= 4 is 32.3 Å². The Labute approximate surface area is 174 Å². The highest BCUT2D eigenvalue weighted by Crippen LogP contribution is 2.31. The van der Waals surface area contributed by atoms with Gasteiger partial charge in [0.15, 0.2) is 0 Å². The van der Waals surface area contributed by atoms with Crippen LogP contribution in [-0.4, -0.2) is 0 Å². The summed E-state index contributed by atoms with van der Waals surface area (Å²) in [6.07, 6.45) is 0. The summed E-state index contributed by atoms with van der Waals surface area (Å²) in [4.78, 5) is 0. The SMILES string of the molecule is C.Cc1c2ccccc2c(C)c2ccccc12.Cc1ccc(C)c2ccccc12. The lowest BCUT2D eigenvalue weighted by Crippen LogP contribution is -1.87. The Morgan fingerprint density at radius 2 is 0.586 bits per heavy atom. The molecule has 0 spiro atoms. The minimum atomic E-state index is 0. The molecule has 0 bridgehead atoms. The Hall–Kier alpha value is -3.12. The van der Waals surface area contributed by atoms with Gasteiger partial charge in [0.05, 0.1) is 0 Å². The summed E-state index contributed by atoms with van der Waals surface area (Å²) in [5.74, 6) is 0. The Balaban J connectivity index is 0.000000167. The van der Waals surface area contributed by atoms with Crippen LogP contribution in [0.4, 0.5) is 0 Å². The van der Waals surface area contributed by atoms with Crippen molar-refractivity contribution in [1.29, 1.82) is 0 Å². The lowest BCUT2D eigenvalue weighted by molar-refractivity contribution is 1.46. The maximum absolute atomic E-state index is 2.21. The van der Waals surface area contributed by atoms with E-state index in [1.165, 1.54) is 54.6 Å². The molecule has 0 radical (unpaired) electrons. The average Bonchev–Trinajstić information content (AvgIpc) is 2.75. The van der Waals surface area contributed by atoms with Gasteiger partial charge in [0, 0.05) is 0 Å². The van der Waals surface area contributed by atoms with Crippen molar-refractivity contribution in [2.24, 2.45) is 0 Å². The lowest BCUT2D eigenvalue weighted by Gasteiger charge is -2.11. The molecule has 0 saturated heterocycles. The molecule has 29 heavy (non-hydrogen) atoms. The molecular formula is C29H30. The van der Waals surface area contributed by atoms with E-state index in [0.29, 0.717) is 0 Å². The molecule has 0 fully saturated rings. The van der Waals surface area contributed by atoms with Gasteiger partial charge in [0.1, 0.15) is 0 Å². The number of fused-ring (bicyclic) bond motifs is 3. The van der Waals surface area contributed by atoms with Crippen LogP contribution in [0.1, 0.15) is 29.7 Å². The maximum Gasteiger partial charge on any atom is -0.0146 e. The molecule has 0 atom stereocenters. The van der Waals surface area contributed by atoms with E-state index in [2.05, 4.69) is 113 Å². The van der Waals surface area contributed by atoms with E-state index in [-0.39, 0.29) is 7.43 Å². The Kier molecular flexibility index (Phi) is 6.03. The van der Waals surface area contributed by atoms with Gasteiger partial charge < -0.3 is 0 Å². The highest BCUT2D eigenvalue weighted by molar-refractivity contribution is 6.05. The van der Waals surface area contributed by atoms with Crippen molar-refractivity contribution in [3.05, 3.63) is 107 Å². The summed E-state index contributed by atoms with van der Waals surface area (Å²) in [7, 11) is 0. The molecule has 0 aliphatic rings. The van der Waals surface area contributed by atoms with E-state index in [0.717, 1.165) is 0 Å². The third-order valence-electron chi connectivity index (χ3n) is 5.83. The van der Waals surface area contributed by atoms with Crippen molar-refractivity contribution in [1.82, 2.24) is 0 Å².